The Hall–Kier alpha value is -2.56. The normalized spacial score (nSPS) is 15.0. The first-order valence-electron chi connectivity index (χ1n) is 7.00. The summed E-state index contributed by atoms with van der Waals surface area (Å²) in [6.07, 6.45) is 4.74. The number of rotatable bonds is 3. The third kappa shape index (κ3) is 2.81. The van der Waals surface area contributed by atoms with E-state index in [1.807, 2.05) is 53.4 Å². The highest BCUT2D eigenvalue weighted by atomic mass is 16.2. The minimum absolute atomic E-state index is 0.0227. The Bertz CT molecular complexity index is 629. The molecule has 1 aliphatic heterocycles. The summed E-state index contributed by atoms with van der Waals surface area (Å²) in [5, 5.41) is 0. The SMILES string of the molecule is O=CN1CCN(C(=O)c2cccc(-n3cccc3)c2)CC1. The average molecular weight is 283 g/mol. The van der Waals surface area contributed by atoms with Crippen molar-refractivity contribution in [1.29, 1.82) is 0 Å². The van der Waals surface area contributed by atoms with Gasteiger partial charge in [-0.1, -0.05) is 6.07 Å². The third-order valence-electron chi connectivity index (χ3n) is 3.75. The van der Waals surface area contributed by atoms with Crippen LogP contribution in [0.1, 0.15) is 10.4 Å². The Balaban J connectivity index is 1.76. The smallest absolute Gasteiger partial charge is 0.254 e. The maximum Gasteiger partial charge on any atom is 0.254 e. The highest BCUT2D eigenvalue weighted by Crippen LogP contribution is 2.14. The first-order valence-corrected chi connectivity index (χ1v) is 7.00. The zero-order valence-corrected chi connectivity index (χ0v) is 11.7. The summed E-state index contributed by atoms with van der Waals surface area (Å²) >= 11 is 0. The summed E-state index contributed by atoms with van der Waals surface area (Å²) in [7, 11) is 0. The molecule has 3 rings (SSSR count). The molecule has 0 unspecified atom stereocenters. The molecule has 1 saturated heterocycles. The second-order valence-electron chi connectivity index (χ2n) is 5.07. The Kier molecular flexibility index (Phi) is 3.73. The summed E-state index contributed by atoms with van der Waals surface area (Å²) in [5.41, 5.74) is 1.65. The lowest BCUT2D eigenvalue weighted by atomic mass is 10.1. The Morgan fingerprint density at radius 1 is 1.00 bits per heavy atom. The standard InChI is InChI=1S/C16H17N3O2/c20-13-17-8-10-19(11-9-17)16(21)14-4-3-5-15(12-14)18-6-1-2-7-18/h1-7,12-13H,8-11H2. The van der Waals surface area contributed by atoms with Gasteiger partial charge in [0.15, 0.2) is 0 Å². The molecule has 1 aliphatic rings. The van der Waals surface area contributed by atoms with Crippen LogP contribution in [-0.4, -0.2) is 52.9 Å². The number of piperazine rings is 1. The lowest BCUT2D eigenvalue weighted by Crippen LogP contribution is -2.48. The van der Waals surface area contributed by atoms with Crippen LogP contribution in [0.3, 0.4) is 0 Å². The summed E-state index contributed by atoms with van der Waals surface area (Å²) in [4.78, 5) is 26.7. The molecule has 5 heteroatoms. The van der Waals surface area contributed by atoms with Crippen LogP contribution in [0.25, 0.3) is 5.69 Å². The van der Waals surface area contributed by atoms with Crippen LogP contribution in [0.15, 0.2) is 48.8 Å². The number of amides is 2. The van der Waals surface area contributed by atoms with Gasteiger partial charge in [-0.05, 0) is 30.3 Å². The fraction of sp³-hybridized carbons (Fsp3) is 0.250. The van der Waals surface area contributed by atoms with Gasteiger partial charge in [0.25, 0.3) is 5.91 Å². The van der Waals surface area contributed by atoms with E-state index in [4.69, 9.17) is 0 Å². The number of hydrogen-bond donors (Lipinski definition) is 0. The highest BCUT2D eigenvalue weighted by molar-refractivity contribution is 5.94. The van der Waals surface area contributed by atoms with Crippen molar-refractivity contribution in [3.05, 3.63) is 54.4 Å². The Labute approximate surface area is 123 Å². The molecule has 0 atom stereocenters. The molecular formula is C16H17N3O2. The Morgan fingerprint density at radius 3 is 2.38 bits per heavy atom. The van der Waals surface area contributed by atoms with Crippen molar-refractivity contribution in [2.75, 3.05) is 26.2 Å². The van der Waals surface area contributed by atoms with Crippen molar-refractivity contribution in [2.45, 2.75) is 0 Å². The van der Waals surface area contributed by atoms with Crippen LogP contribution < -0.4 is 0 Å². The average Bonchev–Trinajstić information content (AvgIpc) is 3.09. The topological polar surface area (TPSA) is 45.6 Å². The van der Waals surface area contributed by atoms with Crippen LogP contribution in [0.5, 0.6) is 0 Å². The molecule has 2 heterocycles. The fourth-order valence-electron chi connectivity index (χ4n) is 2.52. The van der Waals surface area contributed by atoms with Gasteiger partial charge in [0.1, 0.15) is 0 Å². The number of carbonyl (C=O) groups excluding carboxylic acids is 2. The maximum atomic E-state index is 12.5. The number of carbonyl (C=O) groups is 2. The Morgan fingerprint density at radius 2 is 1.71 bits per heavy atom. The van der Waals surface area contributed by atoms with Gasteiger partial charge >= 0.3 is 0 Å². The van der Waals surface area contributed by atoms with Crippen molar-refractivity contribution in [3.8, 4) is 5.69 Å². The quantitative estimate of drug-likeness (QED) is 0.799. The first-order chi connectivity index (χ1) is 10.3. The van der Waals surface area contributed by atoms with E-state index in [0.717, 1.165) is 12.1 Å². The molecule has 0 bridgehead atoms. The van der Waals surface area contributed by atoms with Crippen LogP contribution in [0.2, 0.25) is 0 Å². The van der Waals surface area contributed by atoms with Crippen LogP contribution >= 0.6 is 0 Å². The number of hydrogen-bond acceptors (Lipinski definition) is 2. The molecular weight excluding hydrogens is 266 g/mol. The second kappa shape index (κ2) is 5.83. The third-order valence-corrected chi connectivity index (χ3v) is 3.75. The van der Waals surface area contributed by atoms with Crippen molar-refractivity contribution >= 4 is 12.3 Å². The summed E-state index contributed by atoms with van der Waals surface area (Å²) in [5.74, 6) is 0.0227. The van der Waals surface area contributed by atoms with E-state index >= 15 is 0 Å². The molecule has 0 aliphatic carbocycles. The van der Waals surface area contributed by atoms with E-state index in [2.05, 4.69) is 0 Å². The van der Waals surface area contributed by atoms with Gasteiger partial charge in [-0.15, -0.1) is 0 Å². The highest BCUT2D eigenvalue weighted by Gasteiger charge is 2.21. The summed E-state index contributed by atoms with van der Waals surface area (Å²) in [6.45, 7) is 2.38. The molecule has 0 N–H and O–H groups in total. The molecule has 1 aromatic carbocycles. The molecule has 0 radical (unpaired) electrons. The largest absolute Gasteiger partial charge is 0.342 e. The number of nitrogens with zero attached hydrogens (tertiary/aromatic N) is 3. The molecule has 5 nitrogen and oxygen atoms in total. The molecule has 108 valence electrons. The summed E-state index contributed by atoms with van der Waals surface area (Å²) in [6, 6.07) is 11.5. The van der Waals surface area contributed by atoms with Crippen LogP contribution in [-0.2, 0) is 4.79 Å². The van der Waals surface area contributed by atoms with Crippen LogP contribution in [0, 0.1) is 0 Å². The van der Waals surface area contributed by atoms with Gasteiger partial charge in [0.2, 0.25) is 6.41 Å². The van der Waals surface area contributed by atoms with Gasteiger partial charge in [0.05, 0.1) is 0 Å². The second-order valence-corrected chi connectivity index (χ2v) is 5.07. The predicted octanol–water partition coefficient (Wildman–Crippen LogP) is 1.39. The molecule has 2 amide bonds. The zero-order valence-electron chi connectivity index (χ0n) is 11.7. The predicted molar refractivity (Wildman–Crippen MR) is 79.3 cm³/mol. The van der Waals surface area contributed by atoms with Gasteiger partial charge in [-0.25, -0.2) is 0 Å². The van der Waals surface area contributed by atoms with Crippen molar-refractivity contribution < 1.29 is 9.59 Å². The maximum absolute atomic E-state index is 12.5. The molecule has 1 aromatic heterocycles. The molecule has 21 heavy (non-hydrogen) atoms. The van der Waals surface area contributed by atoms with E-state index in [1.54, 1.807) is 9.80 Å². The lowest BCUT2D eigenvalue weighted by Gasteiger charge is -2.32. The van der Waals surface area contributed by atoms with E-state index in [0.29, 0.717) is 31.7 Å². The van der Waals surface area contributed by atoms with Crippen LogP contribution in [0.4, 0.5) is 0 Å². The van der Waals surface area contributed by atoms with Gasteiger partial charge in [-0.3, -0.25) is 9.59 Å². The van der Waals surface area contributed by atoms with Gasteiger partial charge in [0, 0.05) is 49.8 Å². The minimum Gasteiger partial charge on any atom is -0.342 e. The monoisotopic (exact) mass is 283 g/mol. The van der Waals surface area contributed by atoms with E-state index in [1.165, 1.54) is 0 Å². The lowest BCUT2D eigenvalue weighted by molar-refractivity contribution is -0.119. The fourth-order valence-corrected chi connectivity index (χ4v) is 2.52. The van der Waals surface area contributed by atoms with Gasteiger partial charge < -0.3 is 14.4 Å². The zero-order chi connectivity index (χ0) is 14.7. The molecule has 1 fully saturated rings. The first kappa shape index (κ1) is 13.4. The van der Waals surface area contributed by atoms with Crippen molar-refractivity contribution in [1.82, 2.24) is 14.4 Å². The van der Waals surface area contributed by atoms with E-state index < -0.39 is 0 Å². The molecule has 0 saturated carbocycles. The van der Waals surface area contributed by atoms with Crippen molar-refractivity contribution in [2.24, 2.45) is 0 Å². The number of benzene rings is 1. The number of aromatic nitrogens is 1. The van der Waals surface area contributed by atoms with Gasteiger partial charge in [-0.2, -0.15) is 0 Å². The molecule has 0 spiro atoms. The molecule has 2 aromatic rings. The summed E-state index contributed by atoms with van der Waals surface area (Å²) < 4.78 is 1.97. The van der Waals surface area contributed by atoms with E-state index in [9.17, 15) is 9.59 Å². The minimum atomic E-state index is 0.0227. The van der Waals surface area contributed by atoms with E-state index in [-0.39, 0.29) is 5.91 Å². The van der Waals surface area contributed by atoms with Crippen molar-refractivity contribution in [3.63, 3.8) is 0 Å².